The van der Waals surface area contributed by atoms with Gasteiger partial charge in [0.25, 0.3) is 0 Å². The van der Waals surface area contributed by atoms with Crippen molar-refractivity contribution in [3.63, 3.8) is 0 Å². The van der Waals surface area contributed by atoms with Gasteiger partial charge in [-0.3, -0.25) is 10.1 Å². The molecule has 0 N–H and O–H groups in total. The van der Waals surface area contributed by atoms with E-state index in [1.54, 1.807) is 13.0 Å². The van der Waals surface area contributed by atoms with E-state index in [-0.39, 0.29) is 29.7 Å². The fraction of sp³-hybridized carbons (Fsp3) is 0.400. The van der Waals surface area contributed by atoms with Gasteiger partial charge in [-0.15, -0.1) is 0 Å². The number of para-hydroxylation sites is 2. The molecule has 0 saturated carbocycles. The van der Waals surface area contributed by atoms with Crippen LogP contribution >= 0.6 is 10.7 Å². The Morgan fingerprint density at radius 1 is 1.44 bits per heavy atom. The maximum Gasteiger partial charge on any atom is 0.310 e. The van der Waals surface area contributed by atoms with Crippen LogP contribution in [0.4, 0.5) is 5.69 Å². The summed E-state index contributed by atoms with van der Waals surface area (Å²) < 4.78 is 26.9. The fourth-order valence-corrected chi connectivity index (χ4v) is 2.77. The SMILES string of the molecule is CC(COc1ccccc1[N+](=O)[O-])CS(=O)(=O)Cl. The Balaban J connectivity index is 2.67. The van der Waals surface area contributed by atoms with Crippen LogP contribution in [0.2, 0.25) is 0 Å². The first kappa shape index (κ1) is 14.7. The van der Waals surface area contributed by atoms with Crippen molar-refractivity contribution in [2.24, 2.45) is 5.92 Å². The van der Waals surface area contributed by atoms with Crippen molar-refractivity contribution >= 4 is 25.4 Å². The predicted octanol–water partition coefficient (Wildman–Crippen LogP) is 2.18. The normalized spacial score (nSPS) is 13.0. The first-order valence-electron chi connectivity index (χ1n) is 5.08. The van der Waals surface area contributed by atoms with Crippen molar-refractivity contribution < 1.29 is 18.1 Å². The lowest BCUT2D eigenvalue weighted by Gasteiger charge is -2.11. The molecule has 1 unspecified atom stereocenters. The highest BCUT2D eigenvalue weighted by Crippen LogP contribution is 2.26. The third-order valence-corrected chi connectivity index (χ3v) is 3.41. The number of nitro benzene ring substituents is 1. The number of nitrogens with zero attached hydrogens (tertiary/aromatic N) is 1. The van der Waals surface area contributed by atoms with Crippen molar-refractivity contribution in [1.29, 1.82) is 0 Å². The maximum atomic E-state index is 10.8. The molecule has 0 aliphatic carbocycles. The van der Waals surface area contributed by atoms with Crippen LogP contribution in [0.5, 0.6) is 5.75 Å². The zero-order valence-corrected chi connectivity index (χ0v) is 11.1. The second-order valence-corrected chi connectivity index (χ2v) is 6.67. The van der Waals surface area contributed by atoms with Gasteiger partial charge in [-0.2, -0.15) is 0 Å². The summed E-state index contributed by atoms with van der Waals surface area (Å²) in [7, 11) is 1.50. The van der Waals surface area contributed by atoms with Crippen LogP contribution in [-0.2, 0) is 9.05 Å². The quantitative estimate of drug-likeness (QED) is 0.456. The molecule has 100 valence electrons. The second-order valence-electron chi connectivity index (χ2n) is 3.85. The summed E-state index contributed by atoms with van der Waals surface area (Å²) in [5, 5.41) is 10.7. The number of halogens is 1. The van der Waals surface area contributed by atoms with E-state index in [1.807, 2.05) is 0 Å². The summed E-state index contributed by atoms with van der Waals surface area (Å²) >= 11 is 0. The molecule has 0 spiro atoms. The average molecular weight is 294 g/mol. The zero-order chi connectivity index (χ0) is 13.8. The van der Waals surface area contributed by atoms with E-state index in [1.165, 1.54) is 18.2 Å². The van der Waals surface area contributed by atoms with Gasteiger partial charge in [0.1, 0.15) is 0 Å². The maximum absolute atomic E-state index is 10.8. The Kier molecular flexibility index (Phi) is 4.92. The van der Waals surface area contributed by atoms with E-state index in [9.17, 15) is 18.5 Å². The van der Waals surface area contributed by atoms with Gasteiger partial charge in [0.15, 0.2) is 5.75 Å². The topological polar surface area (TPSA) is 86.5 Å². The first-order chi connectivity index (χ1) is 8.29. The highest BCUT2D eigenvalue weighted by Gasteiger charge is 2.17. The molecule has 0 fully saturated rings. The summed E-state index contributed by atoms with van der Waals surface area (Å²) in [6.45, 7) is 1.67. The van der Waals surface area contributed by atoms with Crippen molar-refractivity contribution in [2.45, 2.75) is 6.92 Å². The molecule has 0 aromatic heterocycles. The molecule has 0 bridgehead atoms. The van der Waals surface area contributed by atoms with E-state index in [2.05, 4.69) is 0 Å². The molecule has 0 radical (unpaired) electrons. The Morgan fingerprint density at radius 3 is 2.61 bits per heavy atom. The van der Waals surface area contributed by atoms with Gasteiger partial charge in [-0.25, -0.2) is 8.42 Å². The Hall–Kier alpha value is -1.34. The van der Waals surface area contributed by atoms with Crippen molar-refractivity contribution in [3.8, 4) is 5.75 Å². The molecule has 6 nitrogen and oxygen atoms in total. The number of ether oxygens (including phenoxy) is 1. The van der Waals surface area contributed by atoms with E-state index >= 15 is 0 Å². The minimum absolute atomic E-state index is 0.0385. The lowest BCUT2D eigenvalue weighted by molar-refractivity contribution is -0.385. The van der Waals surface area contributed by atoms with Crippen molar-refractivity contribution in [2.75, 3.05) is 12.4 Å². The van der Waals surface area contributed by atoms with Crippen LogP contribution in [0.25, 0.3) is 0 Å². The van der Waals surface area contributed by atoms with Crippen LogP contribution in [0.15, 0.2) is 24.3 Å². The molecule has 18 heavy (non-hydrogen) atoms. The fourth-order valence-electron chi connectivity index (χ4n) is 1.35. The van der Waals surface area contributed by atoms with E-state index in [0.717, 1.165) is 0 Å². The van der Waals surface area contributed by atoms with Gasteiger partial charge in [-0.1, -0.05) is 19.1 Å². The minimum Gasteiger partial charge on any atom is -0.486 e. The second kappa shape index (κ2) is 6.01. The monoisotopic (exact) mass is 293 g/mol. The van der Waals surface area contributed by atoms with Gasteiger partial charge in [0.05, 0.1) is 17.3 Å². The molecule has 8 heteroatoms. The minimum atomic E-state index is -3.60. The molecule has 1 aromatic carbocycles. The average Bonchev–Trinajstić information content (AvgIpc) is 2.24. The van der Waals surface area contributed by atoms with Gasteiger partial charge in [0, 0.05) is 22.7 Å². The van der Waals surface area contributed by atoms with Crippen molar-refractivity contribution in [3.05, 3.63) is 34.4 Å². The van der Waals surface area contributed by atoms with Gasteiger partial charge < -0.3 is 4.74 Å². The lowest BCUT2D eigenvalue weighted by atomic mass is 10.2. The van der Waals surface area contributed by atoms with Crippen LogP contribution in [0, 0.1) is 16.0 Å². The third-order valence-electron chi connectivity index (χ3n) is 2.07. The van der Waals surface area contributed by atoms with Crippen LogP contribution < -0.4 is 4.74 Å². The molecule has 0 aliphatic heterocycles. The molecule has 0 aliphatic rings. The van der Waals surface area contributed by atoms with E-state index < -0.39 is 14.0 Å². The highest BCUT2D eigenvalue weighted by atomic mass is 35.7. The standard InChI is InChI=1S/C10H12ClNO5S/c1-8(7-18(11,15)16)6-17-10-5-3-2-4-9(10)12(13)14/h2-5,8H,6-7H2,1H3. The van der Waals surface area contributed by atoms with Crippen LogP contribution in [-0.4, -0.2) is 25.7 Å². The van der Waals surface area contributed by atoms with E-state index in [4.69, 9.17) is 15.4 Å². The highest BCUT2D eigenvalue weighted by molar-refractivity contribution is 8.13. The number of hydrogen-bond donors (Lipinski definition) is 0. The summed E-state index contributed by atoms with van der Waals surface area (Å²) in [6, 6.07) is 5.90. The number of rotatable bonds is 6. The molecule has 1 atom stereocenters. The number of hydrogen-bond acceptors (Lipinski definition) is 5. The zero-order valence-electron chi connectivity index (χ0n) is 9.58. The molecular formula is C10H12ClNO5S. The number of nitro groups is 1. The van der Waals surface area contributed by atoms with Gasteiger partial charge in [-0.05, 0) is 6.07 Å². The predicted molar refractivity (Wildman–Crippen MR) is 67.4 cm³/mol. The summed E-state index contributed by atoms with van der Waals surface area (Å²) in [5.74, 6) is -0.483. The third kappa shape index (κ3) is 4.89. The summed E-state index contributed by atoms with van der Waals surface area (Å²) in [6.07, 6.45) is 0. The molecular weight excluding hydrogens is 282 g/mol. The Morgan fingerprint density at radius 2 is 2.06 bits per heavy atom. The Bertz CT molecular complexity index is 531. The van der Waals surface area contributed by atoms with Gasteiger partial charge in [0.2, 0.25) is 9.05 Å². The summed E-state index contributed by atoms with van der Waals surface area (Å²) in [5.41, 5.74) is -0.154. The largest absolute Gasteiger partial charge is 0.486 e. The lowest BCUT2D eigenvalue weighted by Crippen LogP contribution is -2.16. The summed E-state index contributed by atoms with van der Waals surface area (Å²) in [4.78, 5) is 10.1. The molecule has 0 heterocycles. The van der Waals surface area contributed by atoms with Crippen LogP contribution in [0.1, 0.15) is 6.92 Å². The smallest absolute Gasteiger partial charge is 0.310 e. The molecule has 1 aromatic rings. The molecule has 0 amide bonds. The molecule has 1 rings (SSSR count). The van der Waals surface area contributed by atoms with Crippen LogP contribution in [0.3, 0.4) is 0 Å². The Labute approximate surface area is 109 Å². The number of benzene rings is 1. The van der Waals surface area contributed by atoms with Gasteiger partial charge >= 0.3 is 5.69 Å². The molecule has 0 saturated heterocycles. The first-order valence-corrected chi connectivity index (χ1v) is 7.56. The van der Waals surface area contributed by atoms with E-state index in [0.29, 0.717) is 0 Å². The van der Waals surface area contributed by atoms with Crippen molar-refractivity contribution in [1.82, 2.24) is 0 Å².